The minimum Gasteiger partial charge on any atom is -0.452 e. The lowest BCUT2D eigenvalue weighted by molar-refractivity contribution is 0.0416. The van der Waals surface area contributed by atoms with Crippen LogP contribution < -0.4 is 9.47 Å². The highest BCUT2D eigenvalue weighted by molar-refractivity contribution is 6.15. The molecule has 2 aliphatic rings. The molecule has 2 aliphatic heterocycles. The first-order valence-electron chi connectivity index (χ1n) is 9.38. The number of Topliss-reactive ketones (excluding diaryl/α,β-unsaturated/α-hetero) is 1. The third-order valence-corrected chi connectivity index (χ3v) is 5.02. The molecule has 5 rings (SSSR count). The maximum atomic E-state index is 12.7. The Morgan fingerprint density at radius 1 is 1.14 bits per heavy atom. The van der Waals surface area contributed by atoms with Gasteiger partial charge in [-0.05, 0) is 24.3 Å². The number of ketones is 1. The molecule has 7 nitrogen and oxygen atoms in total. The van der Waals surface area contributed by atoms with Crippen LogP contribution in [0.5, 0.6) is 11.5 Å². The number of rotatable bonds is 2. The normalized spacial score (nSPS) is 17.4. The van der Waals surface area contributed by atoms with Gasteiger partial charge in [0.25, 0.3) is 0 Å². The summed E-state index contributed by atoms with van der Waals surface area (Å²) in [6, 6.07) is 12.6. The average molecular weight is 390 g/mol. The molecule has 0 spiro atoms. The Bertz CT molecular complexity index is 1140. The second kappa shape index (κ2) is 7.10. The van der Waals surface area contributed by atoms with Crippen molar-refractivity contribution < 1.29 is 23.8 Å². The molecule has 1 N–H and O–H groups in total. The minimum atomic E-state index is -0.438. The van der Waals surface area contributed by atoms with Crippen molar-refractivity contribution in [2.45, 2.75) is 0 Å². The first-order chi connectivity index (χ1) is 14.2. The molecular weight excluding hydrogens is 372 g/mol. The summed E-state index contributed by atoms with van der Waals surface area (Å²) in [5.41, 5.74) is 2.30. The fourth-order valence-electron chi connectivity index (χ4n) is 3.50. The molecule has 0 saturated carbocycles. The second-order valence-electron chi connectivity index (χ2n) is 6.85. The lowest BCUT2D eigenvalue weighted by Gasteiger charge is -2.25. The van der Waals surface area contributed by atoms with Crippen LogP contribution in [0.1, 0.15) is 15.9 Å². The molecule has 7 heteroatoms. The molecule has 0 unspecified atom stereocenters. The van der Waals surface area contributed by atoms with E-state index >= 15 is 0 Å². The molecular formula is C22H18N2O5. The zero-order chi connectivity index (χ0) is 19.8. The van der Waals surface area contributed by atoms with E-state index in [1.807, 2.05) is 30.5 Å². The van der Waals surface area contributed by atoms with Gasteiger partial charge >= 0.3 is 6.09 Å². The van der Waals surface area contributed by atoms with Crippen LogP contribution in [0.25, 0.3) is 17.0 Å². The molecule has 3 heterocycles. The van der Waals surface area contributed by atoms with Crippen molar-refractivity contribution >= 4 is 28.9 Å². The molecule has 0 bridgehead atoms. The van der Waals surface area contributed by atoms with E-state index in [1.54, 1.807) is 29.2 Å². The van der Waals surface area contributed by atoms with Gasteiger partial charge in [-0.3, -0.25) is 4.79 Å². The number of allylic oxidation sites excluding steroid dienone is 1. The van der Waals surface area contributed by atoms with E-state index < -0.39 is 6.09 Å². The van der Waals surface area contributed by atoms with Gasteiger partial charge in [-0.1, -0.05) is 18.2 Å². The molecule has 1 fully saturated rings. The zero-order valence-electron chi connectivity index (χ0n) is 15.5. The second-order valence-corrected chi connectivity index (χ2v) is 6.85. The third kappa shape index (κ3) is 3.25. The number of ether oxygens (including phenoxy) is 3. The number of morpholine rings is 1. The van der Waals surface area contributed by atoms with Crippen LogP contribution in [0.3, 0.4) is 0 Å². The Kier molecular flexibility index (Phi) is 4.29. The van der Waals surface area contributed by atoms with Crippen LogP contribution in [-0.4, -0.2) is 48.1 Å². The van der Waals surface area contributed by atoms with E-state index in [2.05, 4.69) is 4.98 Å². The quantitative estimate of drug-likeness (QED) is 0.676. The van der Waals surface area contributed by atoms with Gasteiger partial charge in [-0.2, -0.15) is 0 Å². The summed E-state index contributed by atoms with van der Waals surface area (Å²) < 4.78 is 16.4. The smallest absolute Gasteiger partial charge is 0.415 e. The molecule has 0 radical (unpaired) electrons. The van der Waals surface area contributed by atoms with Gasteiger partial charge in [-0.15, -0.1) is 0 Å². The highest BCUT2D eigenvalue weighted by Crippen LogP contribution is 2.35. The number of carbonyl (C=O) groups excluding carboxylic acids is 2. The molecule has 29 heavy (non-hydrogen) atoms. The van der Waals surface area contributed by atoms with Gasteiger partial charge in [0.1, 0.15) is 11.5 Å². The maximum Gasteiger partial charge on any atom is 0.415 e. The topological polar surface area (TPSA) is 80.9 Å². The number of para-hydroxylation sites is 1. The molecule has 146 valence electrons. The third-order valence-electron chi connectivity index (χ3n) is 5.02. The van der Waals surface area contributed by atoms with E-state index in [0.717, 1.165) is 16.5 Å². The summed E-state index contributed by atoms with van der Waals surface area (Å²) in [6.45, 7) is 1.99. The summed E-state index contributed by atoms with van der Waals surface area (Å²) >= 11 is 0. The number of benzene rings is 2. The molecule has 1 aromatic heterocycles. The van der Waals surface area contributed by atoms with Crippen LogP contribution in [-0.2, 0) is 4.74 Å². The van der Waals surface area contributed by atoms with E-state index in [4.69, 9.17) is 14.2 Å². The highest BCUT2D eigenvalue weighted by atomic mass is 16.6. The van der Waals surface area contributed by atoms with E-state index in [-0.39, 0.29) is 11.5 Å². The number of nitrogens with one attached hydrogen (secondary N) is 1. The van der Waals surface area contributed by atoms with Crippen molar-refractivity contribution in [1.29, 1.82) is 0 Å². The summed E-state index contributed by atoms with van der Waals surface area (Å²) in [5, 5.41) is 1.01. The maximum absolute atomic E-state index is 12.7. The van der Waals surface area contributed by atoms with Gasteiger partial charge in [0.05, 0.1) is 18.8 Å². The molecule has 1 amide bonds. The van der Waals surface area contributed by atoms with Crippen LogP contribution in [0.15, 0.2) is 54.4 Å². The number of aromatic nitrogens is 1. The summed E-state index contributed by atoms with van der Waals surface area (Å²) in [4.78, 5) is 29.7. The Morgan fingerprint density at radius 2 is 1.97 bits per heavy atom. The lowest BCUT2D eigenvalue weighted by Crippen LogP contribution is -2.42. The van der Waals surface area contributed by atoms with Crippen molar-refractivity contribution in [2.75, 3.05) is 26.3 Å². The Morgan fingerprint density at radius 3 is 2.83 bits per heavy atom. The lowest BCUT2D eigenvalue weighted by atomic mass is 10.1. The van der Waals surface area contributed by atoms with Crippen molar-refractivity contribution in [3.63, 3.8) is 0 Å². The van der Waals surface area contributed by atoms with Crippen molar-refractivity contribution in [3.8, 4) is 11.5 Å². The predicted octanol–water partition coefficient (Wildman–Crippen LogP) is 3.62. The SMILES string of the molecule is O=C1/C(=C\c2c[nH]c3ccccc23)Oc2cc(OC(=O)N3CCOCC3)ccc21. The predicted molar refractivity (Wildman–Crippen MR) is 106 cm³/mol. The molecule has 0 atom stereocenters. The highest BCUT2D eigenvalue weighted by Gasteiger charge is 2.29. The molecule has 3 aromatic rings. The number of carbonyl (C=O) groups is 2. The minimum absolute atomic E-state index is 0.198. The van der Waals surface area contributed by atoms with Crippen LogP contribution in [0, 0.1) is 0 Å². The summed E-state index contributed by atoms with van der Waals surface area (Å²) in [6.07, 6.45) is 3.13. The van der Waals surface area contributed by atoms with Gasteiger partial charge < -0.3 is 24.1 Å². The molecule has 1 saturated heterocycles. The van der Waals surface area contributed by atoms with Gasteiger partial charge in [0.2, 0.25) is 5.78 Å². The number of hydrogen-bond acceptors (Lipinski definition) is 5. The fourth-order valence-corrected chi connectivity index (χ4v) is 3.50. The summed E-state index contributed by atoms with van der Waals surface area (Å²) in [7, 11) is 0. The number of hydrogen-bond donors (Lipinski definition) is 1. The number of amides is 1. The Labute approximate surface area is 166 Å². The monoisotopic (exact) mass is 390 g/mol. The zero-order valence-corrected chi connectivity index (χ0v) is 15.5. The van der Waals surface area contributed by atoms with E-state index in [9.17, 15) is 9.59 Å². The van der Waals surface area contributed by atoms with Gasteiger partial charge in [0, 0.05) is 41.8 Å². The largest absolute Gasteiger partial charge is 0.452 e. The Balaban J connectivity index is 1.37. The summed E-state index contributed by atoms with van der Waals surface area (Å²) in [5.74, 6) is 0.757. The van der Waals surface area contributed by atoms with Gasteiger partial charge in [-0.25, -0.2) is 4.79 Å². The van der Waals surface area contributed by atoms with Gasteiger partial charge in [0.15, 0.2) is 5.76 Å². The van der Waals surface area contributed by atoms with E-state index in [0.29, 0.717) is 43.4 Å². The van der Waals surface area contributed by atoms with Crippen molar-refractivity contribution in [1.82, 2.24) is 9.88 Å². The first-order valence-corrected chi connectivity index (χ1v) is 9.38. The van der Waals surface area contributed by atoms with Crippen LogP contribution >= 0.6 is 0 Å². The van der Waals surface area contributed by atoms with Crippen molar-refractivity contribution in [3.05, 3.63) is 65.5 Å². The number of aromatic amines is 1. The van der Waals surface area contributed by atoms with Crippen molar-refractivity contribution in [2.24, 2.45) is 0 Å². The standard InChI is InChI=1S/C22H18N2O5/c25-21-17-6-5-15(28-22(26)24-7-9-27-10-8-24)12-19(17)29-20(21)11-14-13-23-18-4-2-1-3-16(14)18/h1-6,11-13,23H,7-10H2/b20-11+. The van der Waals surface area contributed by atoms with Crippen LogP contribution in [0.4, 0.5) is 4.79 Å². The number of fused-ring (bicyclic) bond motifs is 2. The fraction of sp³-hybridized carbons (Fsp3) is 0.182. The molecule has 0 aliphatic carbocycles. The van der Waals surface area contributed by atoms with E-state index in [1.165, 1.54) is 0 Å². The Hall–Kier alpha value is -3.58. The number of H-pyrrole nitrogens is 1. The number of nitrogens with zero attached hydrogens (tertiary/aromatic N) is 1. The first kappa shape index (κ1) is 17.5. The molecule has 2 aromatic carbocycles. The van der Waals surface area contributed by atoms with Crippen LogP contribution in [0.2, 0.25) is 0 Å². The average Bonchev–Trinajstić information content (AvgIpc) is 3.30.